The Morgan fingerprint density at radius 3 is 1.56 bits per heavy atom. The first-order valence-corrected chi connectivity index (χ1v) is 24.5. The first-order chi connectivity index (χ1) is 35.7. The molecule has 0 radical (unpaired) electrons. The third-order valence-electron chi connectivity index (χ3n) is 12.9. The summed E-state index contributed by atoms with van der Waals surface area (Å²) in [5, 5.41) is 68.4. The second-order valence-corrected chi connectivity index (χ2v) is 18.5. The van der Waals surface area contributed by atoms with Crippen LogP contribution in [0.3, 0.4) is 0 Å². The van der Waals surface area contributed by atoms with E-state index in [-0.39, 0.29) is 135 Å². The molecule has 1 unspecified atom stereocenters. The molecular weight excluding hydrogens is 983 g/mol. The standard InChI is InChI=1S/C50H65N9O16/c60-41(28-55-15-17-56(29-43(63)64)19-21-58(31-45(67)68)22-20-57(18-16-55)30-44(65)66)59-26-36-11-10-35(25-37(36)27-59)46(69)52-40(24-32-8-9-33-5-1-2-6-34(33)23-32)47(70)51-14-4-3-7-38(48(71)72)53-50(75)54-39(49(73)74)12-13-42(61)62/h1-2,5-6,8-11,23,25,38-40H,3-4,7,12-22,24,26-31H2,(H,51,70)(H,52,69)(H,61,62)(H,63,64)(H,65,66)(H,67,68)(H,71,72)(H,73,74)(H2,53,54,75)/t38?,39-,40-/m0/s1. The molecule has 2 aliphatic rings. The molecule has 1 fully saturated rings. The molecule has 0 aromatic heterocycles. The third-order valence-corrected chi connectivity index (χ3v) is 12.9. The summed E-state index contributed by atoms with van der Waals surface area (Å²) in [5.74, 6) is -8.70. The summed E-state index contributed by atoms with van der Waals surface area (Å²) in [5.41, 5.74) is 2.49. The summed E-state index contributed by atoms with van der Waals surface area (Å²) in [6.45, 7) is 1.42. The van der Waals surface area contributed by atoms with E-state index in [0.717, 1.165) is 21.9 Å². The van der Waals surface area contributed by atoms with Gasteiger partial charge in [-0.1, -0.05) is 48.5 Å². The Morgan fingerprint density at radius 1 is 0.507 bits per heavy atom. The molecule has 75 heavy (non-hydrogen) atoms. The zero-order valence-electron chi connectivity index (χ0n) is 41.4. The molecule has 2 heterocycles. The number of carboxylic acids is 6. The lowest BCUT2D eigenvalue weighted by molar-refractivity contribution is -0.141. The fourth-order valence-corrected chi connectivity index (χ4v) is 8.79. The van der Waals surface area contributed by atoms with E-state index in [1.165, 1.54) is 0 Å². The number of amides is 5. The minimum Gasteiger partial charge on any atom is -0.481 e. The van der Waals surface area contributed by atoms with Crippen LogP contribution in [0, 0.1) is 0 Å². The number of urea groups is 1. The Kier molecular flexibility index (Phi) is 22.2. The highest BCUT2D eigenvalue weighted by Crippen LogP contribution is 2.25. The van der Waals surface area contributed by atoms with Crippen LogP contribution in [0.4, 0.5) is 4.79 Å². The number of hydrogen-bond acceptors (Lipinski definition) is 14. The highest BCUT2D eigenvalue weighted by Gasteiger charge is 2.30. The van der Waals surface area contributed by atoms with Crippen molar-refractivity contribution in [2.75, 3.05) is 85.1 Å². The zero-order chi connectivity index (χ0) is 54.6. The van der Waals surface area contributed by atoms with E-state index in [4.69, 9.17) is 5.11 Å². The minimum atomic E-state index is -1.56. The number of nitrogens with one attached hydrogen (secondary N) is 4. The van der Waals surface area contributed by atoms with Crippen molar-refractivity contribution < 1.29 is 78.6 Å². The lowest BCUT2D eigenvalue weighted by atomic mass is 10.0. The summed E-state index contributed by atoms with van der Waals surface area (Å²) in [7, 11) is 0. The highest BCUT2D eigenvalue weighted by atomic mass is 16.4. The first kappa shape index (κ1) is 58.2. The molecule has 5 rings (SSSR count). The van der Waals surface area contributed by atoms with Crippen molar-refractivity contribution in [3.63, 3.8) is 0 Å². The molecule has 0 aliphatic carbocycles. The number of nitrogens with zero attached hydrogens (tertiary/aromatic N) is 5. The monoisotopic (exact) mass is 1050 g/mol. The fourth-order valence-electron chi connectivity index (χ4n) is 8.79. The molecule has 3 aromatic carbocycles. The van der Waals surface area contributed by atoms with E-state index in [2.05, 4.69) is 21.3 Å². The second kappa shape index (κ2) is 28.6. The Hall–Kier alpha value is -7.74. The number of carbonyl (C=O) groups excluding carboxylic acids is 4. The van der Waals surface area contributed by atoms with E-state index in [0.29, 0.717) is 5.56 Å². The van der Waals surface area contributed by atoms with Crippen LogP contribution in [-0.4, -0.2) is 218 Å². The van der Waals surface area contributed by atoms with Crippen LogP contribution in [0.2, 0.25) is 0 Å². The summed E-state index contributed by atoms with van der Waals surface area (Å²) >= 11 is 0. The number of aliphatic carboxylic acids is 6. The van der Waals surface area contributed by atoms with Crippen LogP contribution in [-0.2, 0) is 57.9 Å². The van der Waals surface area contributed by atoms with Gasteiger partial charge in [-0.2, -0.15) is 0 Å². The van der Waals surface area contributed by atoms with Gasteiger partial charge in [0.25, 0.3) is 5.91 Å². The topological polar surface area (TPSA) is 356 Å². The van der Waals surface area contributed by atoms with Crippen molar-refractivity contribution in [1.29, 1.82) is 0 Å². The zero-order valence-corrected chi connectivity index (χ0v) is 41.4. The van der Waals surface area contributed by atoms with E-state index in [1.54, 1.807) is 37.8 Å². The molecule has 0 bridgehead atoms. The molecule has 10 N–H and O–H groups in total. The fraction of sp³-hybridized carbons (Fsp3) is 0.480. The van der Waals surface area contributed by atoms with Gasteiger partial charge in [-0.3, -0.25) is 53.2 Å². The maximum atomic E-state index is 14.0. The lowest BCUT2D eigenvalue weighted by Crippen LogP contribution is -2.51. The number of hydrogen-bond donors (Lipinski definition) is 10. The van der Waals surface area contributed by atoms with Gasteiger partial charge in [0.15, 0.2) is 0 Å². The van der Waals surface area contributed by atoms with Crippen LogP contribution in [0.5, 0.6) is 0 Å². The van der Waals surface area contributed by atoms with Gasteiger partial charge in [0.2, 0.25) is 11.8 Å². The molecule has 3 aromatic rings. The smallest absolute Gasteiger partial charge is 0.326 e. The summed E-state index contributed by atoms with van der Waals surface area (Å²) in [6, 6.07) is 13.1. The van der Waals surface area contributed by atoms with Crippen molar-refractivity contribution in [3.8, 4) is 0 Å². The van der Waals surface area contributed by atoms with Crippen molar-refractivity contribution in [2.24, 2.45) is 0 Å². The van der Waals surface area contributed by atoms with E-state index >= 15 is 0 Å². The van der Waals surface area contributed by atoms with Gasteiger partial charge in [-0.15, -0.1) is 0 Å². The van der Waals surface area contributed by atoms with Gasteiger partial charge in [0.1, 0.15) is 18.1 Å². The normalized spacial score (nSPS) is 16.2. The molecule has 0 spiro atoms. The lowest BCUT2D eigenvalue weighted by Gasteiger charge is -2.33. The molecular formula is C50H65N9O16. The SMILES string of the molecule is O=C(O)CC[C@H](NC(=O)NC(CCCCNC(=O)[C@H](Cc1ccc2ccccc2c1)NC(=O)c1ccc2c(c1)CN(C(=O)CN1CCN(CC(=O)O)CCN(CC(=O)O)CCN(CC(=O)O)CC1)C2)C(=O)O)C(=O)O. The minimum absolute atomic E-state index is 0.0619. The van der Waals surface area contributed by atoms with Crippen LogP contribution in [0.15, 0.2) is 60.7 Å². The quantitative estimate of drug-likeness (QED) is 0.0494. The van der Waals surface area contributed by atoms with Gasteiger partial charge in [0, 0.05) is 90.4 Å². The van der Waals surface area contributed by atoms with Crippen LogP contribution >= 0.6 is 0 Å². The van der Waals surface area contributed by atoms with Crippen molar-refractivity contribution in [2.45, 2.75) is 69.7 Å². The van der Waals surface area contributed by atoms with Gasteiger partial charge in [-0.25, -0.2) is 14.4 Å². The molecule has 25 heteroatoms. The Balaban J connectivity index is 1.21. The molecule has 1 saturated heterocycles. The third kappa shape index (κ3) is 19.6. The van der Waals surface area contributed by atoms with Gasteiger partial charge >= 0.3 is 41.8 Å². The maximum Gasteiger partial charge on any atom is 0.326 e. The van der Waals surface area contributed by atoms with Crippen LogP contribution < -0.4 is 21.3 Å². The predicted octanol–water partition coefficient (Wildman–Crippen LogP) is -0.145. The molecule has 25 nitrogen and oxygen atoms in total. The van der Waals surface area contributed by atoms with Gasteiger partial charge < -0.3 is 56.8 Å². The number of rotatable bonds is 25. The average molecular weight is 1050 g/mol. The summed E-state index contributed by atoms with van der Waals surface area (Å²) < 4.78 is 0. The average Bonchev–Trinajstić information content (AvgIpc) is 3.78. The van der Waals surface area contributed by atoms with E-state index in [9.17, 15) is 73.5 Å². The second-order valence-electron chi connectivity index (χ2n) is 18.5. The van der Waals surface area contributed by atoms with Crippen molar-refractivity contribution in [3.05, 3.63) is 82.9 Å². The van der Waals surface area contributed by atoms with Crippen molar-refractivity contribution >= 4 is 70.3 Å². The summed E-state index contributed by atoms with van der Waals surface area (Å²) in [6.07, 6.45) is -0.508. The maximum absolute atomic E-state index is 14.0. The van der Waals surface area contributed by atoms with E-state index in [1.807, 2.05) is 47.4 Å². The Bertz CT molecular complexity index is 2530. The number of benzene rings is 3. The van der Waals surface area contributed by atoms with Gasteiger partial charge in [-0.05, 0) is 65.3 Å². The number of unbranched alkanes of at least 4 members (excludes halogenated alkanes) is 1. The van der Waals surface area contributed by atoms with Crippen LogP contribution in [0.25, 0.3) is 10.8 Å². The summed E-state index contributed by atoms with van der Waals surface area (Å²) in [4.78, 5) is 132. The van der Waals surface area contributed by atoms with Crippen molar-refractivity contribution in [1.82, 2.24) is 45.8 Å². The number of carboxylic acid groups (broad SMARTS) is 6. The Morgan fingerprint density at radius 2 is 1.03 bits per heavy atom. The molecule has 3 atom stereocenters. The molecule has 5 amide bonds. The molecule has 0 saturated carbocycles. The number of carbonyl (C=O) groups is 10. The Labute approximate surface area is 431 Å². The molecule has 406 valence electrons. The van der Waals surface area contributed by atoms with Gasteiger partial charge in [0.05, 0.1) is 26.2 Å². The first-order valence-electron chi connectivity index (χ1n) is 24.5. The van der Waals surface area contributed by atoms with E-state index < -0.39 is 84.6 Å². The number of fused-ring (bicyclic) bond motifs is 2. The largest absolute Gasteiger partial charge is 0.481 e. The molecule has 2 aliphatic heterocycles. The predicted molar refractivity (Wildman–Crippen MR) is 267 cm³/mol. The van der Waals surface area contributed by atoms with Crippen LogP contribution in [0.1, 0.15) is 59.2 Å². The highest BCUT2D eigenvalue weighted by molar-refractivity contribution is 5.98.